The average Bonchev–Trinajstić information content (AvgIpc) is 3.36. The number of carboxylic acids is 1. The molecule has 7 heteroatoms. The topological polar surface area (TPSA) is 67.6 Å². The number of piperidine rings is 1. The lowest BCUT2D eigenvalue weighted by Gasteiger charge is -2.38. The highest BCUT2D eigenvalue weighted by molar-refractivity contribution is 7.12. The molecule has 0 radical (unpaired) electrons. The second-order valence-electron chi connectivity index (χ2n) is 7.38. The molecule has 2 saturated heterocycles. The van der Waals surface area contributed by atoms with Gasteiger partial charge in [0.15, 0.2) is 5.54 Å². The molecule has 2 fully saturated rings. The molecule has 2 aromatic heterocycles. The van der Waals surface area contributed by atoms with Crippen molar-refractivity contribution < 1.29 is 14.6 Å². The lowest BCUT2D eigenvalue weighted by Crippen LogP contribution is -2.51. The third kappa shape index (κ3) is 3.31. The number of aryl methyl sites for hydroxylation is 1. The Balaban J connectivity index is 1.40. The molecule has 4 rings (SSSR count). The highest BCUT2D eigenvalue weighted by Crippen LogP contribution is 2.35. The van der Waals surface area contributed by atoms with Gasteiger partial charge < -0.3 is 9.84 Å². The van der Waals surface area contributed by atoms with Gasteiger partial charge in [-0.05, 0) is 50.3 Å². The van der Waals surface area contributed by atoms with E-state index >= 15 is 0 Å². The van der Waals surface area contributed by atoms with E-state index in [0.29, 0.717) is 12.8 Å². The smallest absolute Gasteiger partial charge is 0.331 e. The second kappa shape index (κ2) is 7.13. The number of nitrogens with zero attached hydrogens (tertiary/aromatic N) is 3. The van der Waals surface area contributed by atoms with E-state index in [2.05, 4.69) is 22.1 Å². The number of hydrogen-bond acceptors (Lipinski definition) is 5. The number of hydrogen-bond donors (Lipinski definition) is 1. The number of likely N-dealkylation sites (tertiary alicyclic amines) is 1. The molecular formula is C19H25N3O3S. The van der Waals surface area contributed by atoms with E-state index in [1.165, 1.54) is 9.75 Å². The minimum absolute atomic E-state index is 0.276. The van der Waals surface area contributed by atoms with Gasteiger partial charge in [-0.25, -0.2) is 4.79 Å². The van der Waals surface area contributed by atoms with Crippen LogP contribution in [0.5, 0.6) is 0 Å². The van der Waals surface area contributed by atoms with Gasteiger partial charge >= 0.3 is 5.97 Å². The van der Waals surface area contributed by atoms with Gasteiger partial charge in [-0.3, -0.25) is 9.58 Å². The maximum Gasteiger partial charge on any atom is 0.331 e. The molecule has 6 nitrogen and oxygen atoms in total. The minimum atomic E-state index is -0.914. The normalized spacial score (nSPS) is 23.3. The molecule has 1 unspecified atom stereocenters. The first-order valence-electron chi connectivity index (χ1n) is 9.24. The number of ether oxygens (including phenoxy) is 1. The van der Waals surface area contributed by atoms with Gasteiger partial charge in [-0.2, -0.15) is 5.10 Å². The molecule has 4 heterocycles. The van der Waals surface area contributed by atoms with Crippen LogP contribution in [-0.4, -0.2) is 45.5 Å². The van der Waals surface area contributed by atoms with Crippen LogP contribution in [0.2, 0.25) is 0 Å². The maximum atomic E-state index is 12.0. The quantitative estimate of drug-likeness (QED) is 0.869. The van der Waals surface area contributed by atoms with Crippen molar-refractivity contribution in [2.75, 3.05) is 19.7 Å². The van der Waals surface area contributed by atoms with Crippen LogP contribution in [0.1, 0.15) is 47.1 Å². The van der Waals surface area contributed by atoms with Crippen LogP contribution in [-0.2, 0) is 21.6 Å². The van der Waals surface area contributed by atoms with E-state index in [1.54, 1.807) is 10.9 Å². The summed E-state index contributed by atoms with van der Waals surface area (Å²) in [5, 5.41) is 14.2. The fourth-order valence-corrected chi connectivity index (χ4v) is 5.08. The van der Waals surface area contributed by atoms with Crippen LogP contribution in [0, 0.1) is 6.92 Å². The summed E-state index contributed by atoms with van der Waals surface area (Å²) in [4.78, 5) is 17.0. The van der Waals surface area contributed by atoms with E-state index in [1.807, 2.05) is 24.5 Å². The molecular weight excluding hydrogens is 350 g/mol. The Labute approximate surface area is 157 Å². The molecule has 2 aromatic rings. The van der Waals surface area contributed by atoms with E-state index < -0.39 is 11.5 Å². The Morgan fingerprint density at radius 1 is 1.42 bits per heavy atom. The Kier molecular flexibility index (Phi) is 4.86. The van der Waals surface area contributed by atoms with Crippen molar-refractivity contribution in [1.82, 2.24) is 14.7 Å². The Hall–Kier alpha value is -1.70. The number of aromatic nitrogens is 2. The summed E-state index contributed by atoms with van der Waals surface area (Å²) in [5.74, 6) is -0.781. The summed E-state index contributed by atoms with van der Waals surface area (Å²) in [7, 11) is 0. The minimum Gasteiger partial charge on any atom is -0.479 e. The van der Waals surface area contributed by atoms with Crippen molar-refractivity contribution in [3.05, 3.63) is 39.8 Å². The standard InChI is InChI=1S/C19H25N3O3S/c1-14-11-20-22(12-14)19(18(23)24)6-8-21(9-7-19)13-15-4-5-17(26-15)16-3-2-10-25-16/h4-5,11-12,16H,2-3,6-10,13H2,1H3,(H,23,24). The van der Waals surface area contributed by atoms with Gasteiger partial charge in [0.2, 0.25) is 0 Å². The van der Waals surface area contributed by atoms with Crippen molar-refractivity contribution in [1.29, 1.82) is 0 Å². The predicted octanol–water partition coefficient (Wildman–Crippen LogP) is 3.18. The highest BCUT2D eigenvalue weighted by atomic mass is 32.1. The molecule has 1 atom stereocenters. The number of thiophene rings is 1. The van der Waals surface area contributed by atoms with Crippen LogP contribution in [0.15, 0.2) is 24.5 Å². The average molecular weight is 375 g/mol. The zero-order valence-corrected chi connectivity index (χ0v) is 15.9. The van der Waals surface area contributed by atoms with Crippen molar-refractivity contribution in [2.24, 2.45) is 0 Å². The Morgan fingerprint density at radius 2 is 2.23 bits per heavy atom. The SMILES string of the molecule is Cc1cnn(C2(C(=O)O)CCN(Cc3ccc(C4CCCO4)s3)CC2)c1. The third-order valence-electron chi connectivity index (χ3n) is 5.54. The summed E-state index contributed by atoms with van der Waals surface area (Å²) < 4.78 is 7.42. The fourth-order valence-electron chi connectivity index (χ4n) is 3.94. The van der Waals surface area contributed by atoms with Crippen LogP contribution in [0.3, 0.4) is 0 Å². The molecule has 0 bridgehead atoms. The zero-order valence-electron chi connectivity index (χ0n) is 15.1. The third-order valence-corrected chi connectivity index (χ3v) is 6.70. The molecule has 0 spiro atoms. The van der Waals surface area contributed by atoms with Crippen molar-refractivity contribution in [3.8, 4) is 0 Å². The molecule has 0 aliphatic carbocycles. The van der Waals surface area contributed by atoms with Crippen LogP contribution < -0.4 is 0 Å². The lowest BCUT2D eigenvalue weighted by molar-refractivity contribution is -0.151. The first kappa shape index (κ1) is 17.7. The Bertz CT molecular complexity index is 771. The van der Waals surface area contributed by atoms with Crippen molar-refractivity contribution >= 4 is 17.3 Å². The molecule has 1 N–H and O–H groups in total. The number of carboxylic acid groups (broad SMARTS) is 1. The lowest BCUT2D eigenvalue weighted by atomic mass is 9.87. The van der Waals surface area contributed by atoms with Crippen molar-refractivity contribution in [3.63, 3.8) is 0 Å². The predicted molar refractivity (Wildman–Crippen MR) is 99.3 cm³/mol. The van der Waals surface area contributed by atoms with Gasteiger partial charge in [0, 0.05) is 42.2 Å². The highest BCUT2D eigenvalue weighted by Gasteiger charge is 2.44. The summed E-state index contributed by atoms with van der Waals surface area (Å²) in [6.45, 7) is 5.22. The Morgan fingerprint density at radius 3 is 2.85 bits per heavy atom. The van der Waals surface area contributed by atoms with E-state index in [4.69, 9.17) is 4.74 Å². The first-order valence-corrected chi connectivity index (χ1v) is 10.1. The first-order chi connectivity index (χ1) is 12.6. The van der Waals surface area contributed by atoms with E-state index in [-0.39, 0.29) is 6.10 Å². The number of carbonyl (C=O) groups is 1. The van der Waals surface area contributed by atoms with Crippen LogP contribution in [0.25, 0.3) is 0 Å². The molecule has 140 valence electrons. The molecule has 0 saturated carbocycles. The van der Waals surface area contributed by atoms with E-state index in [0.717, 1.165) is 44.6 Å². The summed E-state index contributed by atoms with van der Waals surface area (Å²) >= 11 is 1.83. The van der Waals surface area contributed by atoms with Crippen LogP contribution >= 0.6 is 11.3 Å². The monoisotopic (exact) mass is 375 g/mol. The molecule has 2 aliphatic heterocycles. The maximum absolute atomic E-state index is 12.0. The molecule has 0 aromatic carbocycles. The number of aliphatic carboxylic acids is 1. The molecule has 2 aliphatic rings. The van der Waals surface area contributed by atoms with Gasteiger partial charge in [-0.15, -0.1) is 11.3 Å². The fraction of sp³-hybridized carbons (Fsp3) is 0.579. The van der Waals surface area contributed by atoms with Gasteiger partial charge in [0.25, 0.3) is 0 Å². The van der Waals surface area contributed by atoms with Crippen molar-refractivity contribution in [2.45, 2.75) is 50.8 Å². The van der Waals surface area contributed by atoms with Gasteiger partial charge in [-0.1, -0.05) is 0 Å². The second-order valence-corrected chi connectivity index (χ2v) is 8.58. The van der Waals surface area contributed by atoms with Crippen LogP contribution in [0.4, 0.5) is 0 Å². The summed E-state index contributed by atoms with van der Waals surface area (Å²) in [6.07, 6.45) is 7.27. The largest absolute Gasteiger partial charge is 0.479 e. The zero-order chi connectivity index (χ0) is 18.1. The molecule has 0 amide bonds. The summed E-state index contributed by atoms with van der Waals surface area (Å²) in [5.41, 5.74) is 0.0802. The van der Waals surface area contributed by atoms with Gasteiger partial charge in [0.05, 0.1) is 12.3 Å². The number of rotatable bonds is 5. The van der Waals surface area contributed by atoms with Gasteiger partial charge in [0.1, 0.15) is 0 Å². The molecule has 26 heavy (non-hydrogen) atoms. The van der Waals surface area contributed by atoms with E-state index in [9.17, 15) is 9.90 Å². The summed E-state index contributed by atoms with van der Waals surface area (Å²) in [6, 6.07) is 4.38.